The third kappa shape index (κ3) is 3.91. The molecule has 1 atom stereocenters. The summed E-state index contributed by atoms with van der Waals surface area (Å²) in [7, 11) is 0. The molecule has 1 saturated heterocycles. The minimum absolute atomic E-state index is 0.0605. The molecule has 6 nitrogen and oxygen atoms in total. The molecular weight excluding hydrogens is 266 g/mol. The van der Waals surface area contributed by atoms with E-state index in [1.54, 1.807) is 6.20 Å². The Bertz CT molecular complexity index is 462. The number of hydrogen-bond donors (Lipinski definition) is 1. The van der Waals surface area contributed by atoms with Crippen molar-refractivity contribution in [3.05, 3.63) is 18.3 Å². The van der Waals surface area contributed by atoms with Gasteiger partial charge in [0.05, 0.1) is 5.54 Å². The average Bonchev–Trinajstić information content (AvgIpc) is 2.73. The zero-order valence-electron chi connectivity index (χ0n) is 13.0. The van der Waals surface area contributed by atoms with Gasteiger partial charge in [0.2, 0.25) is 5.91 Å². The topological polar surface area (TPSA) is 75.4 Å². The molecule has 0 bridgehead atoms. The van der Waals surface area contributed by atoms with Crippen molar-refractivity contribution >= 4 is 11.7 Å². The molecule has 116 valence electrons. The van der Waals surface area contributed by atoms with Crippen molar-refractivity contribution < 1.29 is 4.79 Å². The Morgan fingerprint density at radius 1 is 1.38 bits per heavy atom. The van der Waals surface area contributed by atoms with Crippen molar-refractivity contribution in [3.63, 3.8) is 0 Å². The molecule has 2 N–H and O–H groups in total. The molecule has 0 spiro atoms. The predicted molar refractivity (Wildman–Crippen MR) is 82.9 cm³/mol. The van der Waals surface area contributed by atoms with Gasteiger partial charge >= 0.3 is 0 Å². The zero-order valence-corrected chi connectivity index (χ0v) is 13.0. The summed E-state index contributed by atoms with van der Waals surface area (Å²) in [5.74, 6) is 0.932. The number of carbonyl (C=O) groups is 1. The van der Waals surface area contributed by atoms with Gasteiger partial charge in [-0.25, -0.2) is 0 Å². The van der Waals surface area contributed by atoms with Crippen LogP contribution in [-0.4, -0.2) is 52.7 Å². The van der Waals surface area contributed by atoms with Gasteiger partial charge in [0.25, 0.3) is 0 Å². The summed E-state index contributed by atoms with van der Waals surface area (Å²) >= 11 is 0. The van der Waals surface area contributed by atoms with Crippen LogP contribution >= 0.6 is 0 Å². The second kappa shape index (κ2) is 6.85. The number of nitrogens with zero attached hydrogens (tertiary/aromatic N) is 4. The molecule has 0 radical (unpaired) electrons. The number of amides is 1. The third-order valence-electron chi connectivity index (χ3n) is 3.92. The van der Waals surface area contributed by atoms with Crippen molar-refractivity contribution in [3.8, 4) is 0 Å². The summed E-state index contributed by atoms with van der Waals surface area (Å²) in [5.41, 5.74) is 5.42. The largest absolute Gasteiger partial charge is 0.353 e. The van der Waals surface area contributed by atoms with Gasteiger partial charge in [-0.15, -0.1) is 5.10 Å². The first kappa shape index (κ1) is 15.7. The summed E-state index contributed by atoms with van der Waals surface area (Å²) in [6.45, 7) is 6.99. The van der Waals surface area contributed by atoms with Crippen LogP contribution in [0.2, 0.25) is 0 Å². The van der Waals surface area contributed by atoms with Crippen molar-refractivity contribution in [2.24, 2.45) is 5.73 Å². The SMILES string of the molecule is CCCC(C)(N)C(=O)N1CCCN(c2cccnn2)CC1. The molecule has 21 heavy (non-hydrogen) atoms. The Morgan fingerprint density at radius 2 is 2.19 bits per heavy atom. The van der Waals surface area contributed by atoms with Crippen molar-refractivity contribution in [1.29, 1.82) is 0 Å². The maximum absolute atomic E-state index is 12.6. The monoisotopic (exact) mass is 291 g/mol. The van der Waals surface area contributed by atoms with Gasteiger partial charge in [-0.1, -0.05) is 13.3 Å². The summed E-state index contributed by atoms with van der Waals surface area (Å²) in [6, 6.07) is 3.84. The van der Waals surface area contributed by atoms with Gasteiger partial charge < -0.3 is 15.5 Å². The molecule has 6 heteroatoms. The minimum atomic E-state index is -0.753. The van der Waals surface area contributed by atoms with E-state index in [0.717, 1.165) is 44.7 Å². The lowest BCUT2D eigenvalue weighted by Gasteiger charge is -2.31. The maximum Gasteiger partial charge on any atom is 0.242 e. The number of carbonyl (C=O) groups excluding carboxylic acids is 1. The maximum atomic E-state index is 12.6. The van der Waals surface area contributed by atoms with Crippen molar-refractivity contribution in [2.45, 2.75) is 38.6 Å². The fraction of sp³-hybridized carbons (Fsp3) is 0.667. The number of hydrogen-bond acceptors (Lipinski definition) is 5. The number of aromatic nitrogens is 2. The van der Waals surface area contributed by atoms with E-state index >= 15 is 0 Å². The minimum Gasteiger partial charge on any atom is -0.353 e. The molecule has 1 unspecified atom stereocenters. The highest BCUT2D eigenvalue weighted by atomic mass is 16.2. The molecule has 0 aromatic carbocycles. The summed E-state index contributed by atoms with van der Waals surface area (Å²) in [6.07, 6.45) is 4.22. The number of anilines is 1. The van der Waals surface area contributed by atoms with Crippen LogP contribution in [0.25, 0.3) is 0 Å². The van der Waals surface area contributed by atoms with E-state index in [4.69, 9.17) is 5.73 Å². The van der Waals surface area contributed by atoms with E-state index in [2.05, 4.69) is 22.0 Å². The Balaban J connectivity index is 1.99. The van der Waals surface area contributed by atoms with Gasteiger partial charge in [-0.05, 0) is 31.9 Å². The highest BCUT2D eigenvalue weighted by Crippen LogP contribution is 2.17. The molecule has 0 aliphatic carbocycles. The number of rotatable bonds is 4. The van der Waals surface area contributed by atoms with E-state index in [1.807, 2.05) is 24.0 Å². The van der Waals surface area contributed by atoms with Crippen LogP contribution in [0.3, 0.4) is 0 Å². The second-order valence-corrected chi connectivity index (χ2v) is 5.88. The lowest BCUT2D eigenvalue weighted by Crippen LogP contribution is -2.54. The van der Waals surface area contributed by atoms with E-state index in [9.17, 15) is 4.79 Å². The highest BCUT2D eigenvalue weighted by molar-refractivity contribution is 5.85. The van der Waals surface area contributed by atoms with E-state index in [-0.39, 0.29) is 5.91 Å². The smallest absolute Gasteiger partial charge is 0.242 e. The van der Waals surface area contributed by atoms with E-state index in [0.29, 0.717) is 6.54 Å². The zero-order chi connectivity index (χ0) is 15.3. The first-order valence-electron chi connectivity index (χ1n) is 7.65. The standard InChI is InChI=1S/C15H25N5O/c1-3-7-15(2,16)14(21)20-10-5-9-19(11-12-20)13-6-4-8-17-18-13/h4,6,8H,3,5,7,9-12,16H2,1-2H3. The lowest BCUT2D eigenvalue weighted by atomic mass is 9.95. The van der Waals surface area contributed by atoms with Gasteiger partial charge in [0.15, 0.2) is 5.82 Å². The molecule has 1 aromatic rings. The Hall–Kier alpha value is -1.69. The van der Waals surface area contributed by atoms with Crippen LogP contribution in [0.5, 0.6) is 0 Å². The summed E-state index contributed by atoms with van der Waals surface area (Å²) in [4.78, 5) is 16.6. The van der Waals surface area contributed by atoms with Gasteiger partial charge in [0, 0.05) is 32.4 Å². The molecule has 2 rings (SSSR count). The van der Waals surface area contributed by atoms with E-state index < -0.39 is 5.54 Å². The first-order valence-corrected chi connectivity index (χ1v) is 7.65. The highest BCUT2D eigenvalue weighted by Gasteiger charge is 2.32. The van der Waals surface area contributed by atoms with Gasteiger partial charge in [-0.3, -0.25) is 4.79 Å². The summed E-state index contributed by atoms with van der Waals surface area (Å²) in [5, 5.41) is 8.06. The van der Waals surface area contributed by atoms with Crippen LogP contribution < -0.4 is 10.6 Å². The molecule has 1 aromatic heterocycles. The molecule has 1 aliphatic heterocycles. The van der Waals surface area contributed by atoms with E-state index in [1.165, 1.54) is 0 Å². The molecule has 0 saturated carbocycles. The van der Waals surface area contributed by atoms with Crippen molar-refractivity contribution in [1.82, 2.24) is 15.1 Å². The van der Waals surface area contributed by atoms with Crippen LogP contribution in [0.1, 0.15) is 33.1 Å². The number of nitrogens with two attached hydrogens (primary N) is 1. The molecular formula is C15H25N5O. The summed E-state index contributed by atoms with van der Waals surface area (Å²) < 4.78 is 0. The van der Waals surface area contributed by atoms with Crippen LogP contribution in [0.4, 0.5) is 5.82 Å². The van der Waals surface area contributed by atoms with Gasteiger partial charge in [0.1, 0.15) is 0 Å². The predicted octanol–water partition coefficient (Wildman–Crippen LogP) is 1.03. The first-order chi connectivity index (χ1) is 10.0. The molecule has 1 amide bonds. The van der Waals surface area contributed by atoms with Crippen LogP contribution in [0.15, 0.2) is 18.3 Å². The molecule has 1 fully saturated rings. The van der Waals surface area contributed by atoms with Gasteiger partial charge in [-0.2, -0.15) is 5.10 Å². The van der Waals surface area contributed by atoms with Crippen LogP contribution in [0, 0.1) is 0 Å². The van der Waals surface area contributed by atoms with Crippen LogP contribution in [-0.2, 0) is 4.79 Å². The Morgan fingerprint density at radius 3 is 2.86 bits per heavy atom. The fourth-order valence-electron chi connectivity index (χ4n) is 2.80. The quantitative estimate of drug-likeness (QED) is 0.897. The Kier molecular flexibility index (Phi) is 5.12. The second-order valence-electron chi connectivity index (χ2n) is 5.88. The third-order valence-corrected chi connectivity index (χ3v) is 3.92. The Labute approximate surface area is 126 Å². The molecule has 2 heterocycles. The fourth-order valence-corrected chi connectivity index (χ4v) is 2.80. The van der Waals surface area contributed by atoms with Crippen molar-refractivity contribution in [2.75, 3.05) is 31.1 Å². The average molecular weight is 291 g/mol. The lowest BCUT2D eigenvalue weighted by molar-refractivity contribution is -0.136. The normalized spacial score (nSPS) is 19.0. The molecule has 1 aliphatic rings.